The van der Waals surface area contributed by atoms with Crippen molar-refractivity contribution in [3.8, 4) is 0 Å². The van der Waals surface area contributed by atoms with Gasteiger partial charge in [0.1, 0.15) is 5.69 Å². The maximum Gasteiger partial charge on any atom is 0.111 e. The van der Waals surface area contributed by atoms with Crippen molar-refractivity contribution in [2.45, 2.75) is 26.5 Å². The number of aromatic nitrogens is 3. The molecule has 0 aliphatic rings. The molecule has 1 N–H and O–H groups in total. The van der Waals surface area contributed by atoms with Gasteiger partial charge in [0.25, 0.3) is 0 Å². The third kappa shape index (κ3) is 2.52. The van der Waals surface area contributed by atoms with E-state index in [1.165, 1.54) is 0 Å². The molecule has 0 unspecified atom stereocenters. The minimum atomic E-state index is -0.0227. The van der Waals surface area contributed by atoms with E-state index in [0.29, 0.717) is 5.69 Å². The lowest BCUT2D eigenvalue weighted by Crippen LogP contribution is -2.20. The van der Waals surface area contributed by atoms with Crippen LogP contribution < -0.4 is 0 Å². The van der Waals surface area contributed by atoms with Crippen LogP contribution >= 0.6 is 0 Å². The second-order valence-corrected chi connectivity index (χ2v) is 3.52. The Balaban J connectivity index is 2.71. The lowest BCUT2D eigenvalue weighted by molar-refractivity contribution is 0.275. The van der Waals surface area contributed by atoms with Crippen molar-refractivity contribution in [1.82, 2.24) is 19.9 Å². The van der Waals surface area contributed by atoms with Gasteiger partial charge in [-0.05, 0) is 20.5 Å². The van der Waals surface area contributed by atoms with E-state index in [0.717, 1.165) is 25.2 Å². The van der Waals surface area contributed by atoms with Crippen LogP contribution in [0.1, 0.15) is 18.3 Å². The number of aliphatic hydroxyl groups excluding tert-OH is 1. The lowest BCUT2D eigenvalue weighted by atomic mass is 10.2. The fourth-order valence-electron chi connectivity index (χ4n) is 1.35. The maximum atomic E-state index is 9.01. The first-order valence-corrected chi connectivity index (χ1v) is 4.85. The van der Waals surface area contributed by atoms with E-state index in [9.17, 15) is 0 Å². The van der Waals surface area contributed by atoms with Gasteiger partial charge in [0.2, 0.25) is 0 Å². The van der Waals surface area contributed by atoms with Gasteiger partial charge in [0.05, 0.1) is 18.8 Å². The largest absolute Gasteiger partial charge is 0.390 e. The van der Waals surface area contributed by atoms with Crippen molar-refractivity contribution < 1.29 is 5.11 Å². The van der Waals surface area contributed by atoms with Crippen LogP contribution in [0.5, 0.6) is 0 Å². The fraction of sp³-hybridized carbons (Fsp3) is 0.778. The molecule has 1 heterocycles. The summed E-state index contributed by atoms with van der Waals surface area (Å²) < 4.78 is 1.87. The van der Waals surface area contributed by atoms with Gasteiger partial charge in [-0.2, -0.15) is 0 Å². The molecule has 5 nitrogen and oxygen atoms in total. The summed E-state index contributed by atoms with van der Waals surface area (Å²) in [4.78, 5) is 2.10. The van der Waals surface area contributed by atoms with Crippen LogP contribution in [0.3, 0.4) is 0 Å². The zero-order valence-corrected chi connectivity index (χ0v) is 9.06. The Hall–Kier alpha value is -0.940. The second kappa shape index (κ2) is 5.07. The molecule has 5 heteroatoms. The fourth-order valence-corrected chi connectivity index (χ4v) is 1.35. The van der Waals surface area contributed by atoms with Crippen LogP contribution in [0.4, 0.5) is 0 Å². The quantitative estimate of drug-likeness (QED) is 0.717. The molecule has 0 atom stereocenters. The molecule has 0 radical (unpaired) electrons. The van der Waals surface area contributed by atoms with Gasteiger partial charge in [-0.3, -0.25) is 0 Å². The van der Waals surface area contributed by atoms with Crippen molar-refractivity contribution in [3.63, 3.8) is 0 Å². The van der Waals surface area contributed by atoms with Crippen LogP contribution in [0.25, 0.3) is 0 Å². The van der Waals surface area contributed by atoms with E-state index in [4.69, 9.17) is 5.11 Å². The Labute approximate surface area is 84.3 Å². The second-order valence-electron chi connectivity index (χ2n) is 3.52. The van der Waals surface area contributed by atoms with Crippen LogP contribution in [0.2, 0.25) is 0 Å². The van der Waals surface area contributed by atoms with E-state index in [2.05, 4.69) is 15.2 Å². The number of nitrogens with zero attached hydrogens (tertiary/aromatic N) is 4. The zero-order valence-electron chi connectivity index (χ0n) is 9.06. The van der Waals surface area contributed by atoms with Crippen LogP contribution in [-0.4, -0.2) is 45.6 Å². The molecule has 0 saturated carbocycles. The van der Waals surface area contributed by atoms with Gasteiger partial charge in [-0.25, -0.2) is 4.68 Å². The summed E-state index contributed by atoms with van der Waals surface area (Å²) in [5.41, 5.74) is 1.74. The predicted octanol–water partition coefficient (Wildman–Crippen LogP) is -0.106. The number of hydrogen-bond acceptors (Lipinski definition) is 4. The Morgan fingerprint density at radius 3 is 2.64 bits per heavy atom. The van der Waals surface area contributed by atoms with Crippen LogP contribution in [0, 0.1) is 0 Å². The highest BCUT2D eigenvalue weighted by Gasteiger charge is 2.09. The summed E-state index contributed by atoms with van der Waals surface area (Å²) in [7, 11) is 4.05. The minimum absolute atomic E-state index is 0.0227. The summed E-state index contributed by atoms with van der Waals surface area (Å²) >= 11 is 0. The lowest BCUT2D eigenvalue weighted by Gasteiger charge is -2.10. The van der Waals surface area contributed by atoms with Crippen molar-refractivity contribution in [2.24, 2.45) is 0 Å². The average molecular weight is 198 g/mol. The third-order valence-electron chi connectivity index (χ3n) is 2.16. The van der Waals surface area contributed by atoms with Gasteiger partial charge in [-0.15, -0.1) is 5.10 Å². The molecule has 0 aliphatic heterocycles. The summed E-state index contributed by atoms with van der Waals surface area (Å²) in [5.74, 6) is 0. The highest BCUT2D eigenvalue weighted by Crippen LogP contribution is 2.05. The molecular weight excluding hydrogens is 180 g/mol. The monoisotopic (exact) mass is 198 g/mol. The van der Waals surface area contributed by atoms with E-state index in [1.807, 2.05) is 25.7 Å². The first-order valence-electron chi connectivity index (χ1n) is 4.85. The van der Waals surface area contributed by atoms with Crippen molar-refractivity contribution in [3.05, 3.63) is 11.4 Å². The number of rotatable bonds is 5. The molecule has 1 rings (SSSR count). The van der Waals surface area contributed by atoms with Gasteiger partial charge >= 0.3 is 0 Å². The minimum Gasteiger partial charge on any atom is -0.390 e. The van der Waals surface area contributed by atoms with Crippen molar-refractivity contribution in [1.29, 1.82) is 0 Å². The van der Waals surface area contributed by atoms with Crippen LogP contribution in [0.15, 0.2) is 0 Å². The highest BCUT2D eigenvalue weighted by atomic mass is 16.3. The molecular formula is C9H18N4O. The normalized spacial score (nSPS) is 11.2. The van der Waals surface area contributed by atoms with Gasteiger partial charge in [0.15, 0.2) is 0 Å². The SMILES string of the molecule is CCc1c(CO)nnn1CCN(C)C. The third-order valence-corrected chi connectivity index (χ3v) is 2.16. The molecule has 0 fully saturated rings. The molecule has 0 saturated heterocycles. The van der Waals surface area contributed by atoms with E-state index in [-0.39, 0.29) is 6.61 Å². The number of likely N-dealkylation sites (N-methyl/N-ethyl adjacent to an activating group) is 1. The molecule has 80 valence electrons. The molecule has 0 aromatic carbocycles. The summed E-state index contributed by atoms with van der Waals surface area (Å²) in [6.07, 6.45) is 0.857. The van der Waals surface area contributed by atoms with Gasteiger partial charge in [-0.1, -0.05) is 12.1 Å². The van der Waals surface area contributed by atoms with Gasteiger partial charge in [0, 0.05) is 6.54 Å². The summed E-state index contributed by atoms with van der Waals surface area (Å²) in [6.45, 7) is 3.78. The van der Waals surface area contributed by atoms with Crippen molar-refractivity contribution >= 4 is 0 Å². The Morgan fingerprint density at radius 1 is 1.43 bits per heavy atom. The van der Waals surface area contributed by atoms with Gasteiger partial charge < -0.3 is 10.0 Å². The Morgan fingerprint density at radius 2 is 2.14 bits per heavy atom. The molecule has 1 aromatic rings. The van der Waals surface area contributed by atoms with Crippen LogP contribution in [-0.2, 0) is 19.6 Å². The molecule has 0 spiro atoms. The summed E-state index contributed by atoms with van der Waals surface area (Å²) in [5, 5.41) is 17.0. The molecule has 0 amide bonds. The summed E-state index contributed by atoms with van der Waals surface area (Å²) in [6, 6.07) is 0. The Kier molecular flexibility index (Phi) is 4.03. The Bertz CT molecular complexity index is 282. The molecule has 0 bridgehead atoms. The number of hydrogen-bond donors (Lipinski definition) is 1. The topological polar surface area (TPSA) is 54.2 Å². The predicted molar refractivity (Wildman–Crippen MR) is 53.9 cm³/mol. The van der Waals surface area contributed by atoms with E-state index < -0.39 is 0 Å². The maximum absolute atomic E-state index is 9.01. The smallest absolute Gasteiger partial charge is 0.111 e. The first kappa shape index (κ1) is 11.1. The highest BCUT2D eigenvalue weighted by molar-refractivity contribution is 5.08. The van der Waals surface area contributed by atoms with Crippen molar-refractivity contribution in [2.75, 3.05) is 20.6 Å². The van der Waals surface area contributed by atoms with E-state index in [1.54, 1.807) is 0 Å². The average Bonchev–Trinajstić information content (AvgIpc) is 2.56. The molecule has 0 aliphatic carbocycles. The first-order chi connectivity index (χ1) is 6.69. The molecule has 1 aromatic heterocycles. The number of aliphatic hydroxyl groups is 1. The van der Waals surface area contributed by atoms with E-state index >= 15 is 0 Å². The zero-order chi connectivity index (χ0) is 10.6. The standard InChI is InChI=1S/C9H18N4O/c1-4-9-8(7-14)10-11-13(9)6-5-12(2)3/h14H,4-7H2,1-3H3. The molecule has 14 heavy (non-hydrogen) atoms.